The number of aryl methyl sites for hydroxylation is 1. The van der Waals surface area contributed by atoms with Crippen molar-refractivity contribution in [2.24, 2.45) is 0 Å². The molecule has 0 saturated carbocycles. The fraction of sp³-hybridized carbons (Fsp3) is 0.333. The molecule has 0 bridgehead atoms. The van der Waals surface area contributed by atoms with Crippen molar-refractivity contribution in [2.75, 3.05) is 5.32 Å². The monoisotopic (exact) mass is 311 g/mol. The van der Waals surface area contributed by atoms with Crippen molar-refractivity contribution >= 4 is 32.6 Å². The van der Waals surface area contributed by atoms with Crippen molar-refractivity contribution in [2.45, 2.75) is 26.3 Å². The van der Waals surface area contributed by atoms with E-state index in [1.807, 2.05) is 18.2 Å². The Labute approximate surface area is 114 Å². The topological polar surface area (TPSA) is 37.8 Å². The first-order valence-corrected chi connectivity index (χ1v) is 7.16. The summed E-state index contributed by atoms with van der Waals surface area (Å²) in [6.45, 7) is 2.90. The van der Waals surface area contributed by atoms with Crippen LogP contribution in [-0.2, 0) is 13.0 Å². The van der Waals surface area contributed by atoms with E-state index in [1.165, 1.54) is 17.1 Å². The van der Waals surface area contributed by atoms with Crippen LogP contribution in [0, 0.1) is 0 Å². The number of rotatable bonds is 5. The molecular formula is C12H14BrN3S. The molecule has 0 fully saturated rings. The summed E-state index contributed by atoms with van der Waals surface area (Å²) in [6, 6.07) is 8.17. The second-order valence-electron chi connectivity index (χ2n) is 3.71. The third-order valence-electron chi connectivity index (χ3n) is 2.33. The van der Waals surface area contributed by atoms with Gasteiger partial charge in [-0.05, 0) is 18.1 Å². The van der Waals surface area contributed by atoms with Crippen LogP contribution in [0.5, 0.6) is 0 Å². The summed E-state index contributed by atoms with van der Waals surface area (Å²) in [4.78, 5) is 4.43. The highest BCUT2D eigenvalue weighted by molar-refractivity contribution is 9.10. The van der Waals surface area contributed by atoms with E-state index in [4.69, 9.17) is 0 Å². The van der Waals surface area contributed by atoms with Gasteiger partial charge in [0.25, 0.3) is 0 Å². The van der Waals surface area contributed by atoms with E-state index in [-0.39, 0.29) is 0 Å². The van der Waals surface area contributed by atoms with E-state index in [0.29, 0.717) is 0 Å². The fourth-order valence-electron chi connectivity index (χ4n) is 1.46. The maximum absolute atomic E-state index is 4.43. The van der Waals surface area contributed by atoms with E-state index in [0.717, 1.165) is 34.8 Å². The number of nitrogens with one attached hydrogen (secondary N) is 1. The average Bonchev–Trinajstić information content (AvgIpc) is 2.76. The van der Waals surface area contributed by atoms with E-state index >= 15 is 0 Å². The lowest BCUT2D eigenvalue weighted by Crippen LogP contribution is -1.99. The van der Waals surface area contributed by atoms with Crippen molar-refractivity contribution < 1.29 is 0 Å². The predicted octanol–water partition coefficient (Wildman–Crippen LogP) is 3.87. The molecule has 0 aliphatic carbocycles. The third kappa shape index (κ3) is 3.51. The Balaban J connectivity index is 1.95. The van der Waals surface area contributed by atoms with Gasteiger partial charge in [0.2, 0.25) is 5.13 Å². The summed E-state index contributed by atoms with van der Waals surface area (Å²) in [7, 11) is 0. The molecule has 0 unspecified atom stereocenters. The van der Waals surface area contributed by atoms with Crippen molar-refractivity contribution in [3.05, 3.63) is 40.1 Å². The van der Waals surface area contributed by atoms with Crippen molar-refractivity contribution in [3.63, 3.8) is 0 Å². The summed E-state index contributed by atoms with van der Waals surface area (Å²) in [6.07, 6.45) is 2.04. The lowest BCUT2D eigenvalue weighted by Gasteiger charge is -2.04. The van der Waals surface area contributed by atoms with Gasteiger partial charge >= 0.3 is 0 Å². The average molecular weight is 312 g/mol. The largest absolute Gasteiger partial charge is 0.356 e. The second kappa shape index (κ2) is 6.12. The summed E-state index contributed by atoms with van der Waals surface area (Å²) in [5, 5.41) is 4.19. The molecule has 0 atom stereocenters. The van der Waals surface area contributed by atoms with Crippen LogP contribution in [0.3, 0.4) is 0 Å². The van der Waals surface area contributed by atoms with Crippen LogP contribution in [0.2, 0.25) is 0 Å². The van der Waals surface area contributed by atoms with Gasteiger partial charge in [-0.25, -0.2) is 4.98 Å². The number of benzene rings is 1. The number of aromatic nitrogens is 2. The first-order chi connectivity index (χ1) is 8.29. The third-order valence-corrected chi connectivity index (χ3v) is 3.81. The van der Waals surface area contributed by atoms with Gasteiger partial charge in [-0.1, -0.05) is 41.1 Å². The molecule has 0 radical (unpaired) electrons. The molecule has 1 heterocycles. The van der Waals surface area contributed by atoms with Crippen molar-refractivity contribution in [3.8, 4) is 0 Å². The normalized spacial score (nSPS) is 10.5. The summed E-state index contributed by atoms with van der Waals surface area (Å²) in [5.74, 6) is 0.937. The van der Waals surface area contributed by atoms with Crippen LogP contribution in [-0.4, -0.2) is 9.36 Å². The quantitative estimate of drug-likeness (QED) is 0.911. The second-order valence-corrected chi connectivity index (χ2v) is 5.32. The molecule has 5 heteroatoms. The fourth-order valence-corrected chi connectivity index (χ4v) is 2.50. The minimum atomic E-state index is 0.766. The van der Waals surface area contributed by atoms with Crippen LogP contribution in [0.1, 0.15) is 24.7 Å². The molecule has 2 rings (SSSR count). The summed E-state index contributed by atoms with van der Waals surface area (Å²) >= 11 is 4.95. The molecule has 1 N–H and O–H groups in total. The Hall–Kier alpha value is -0.940. The molecule has 0 aliphatic rings. The zero-order valence-corrected chi connectivity index (χ0v) is 12.0. The van der Waals surface area contributed by atoms with Crippen LogP contribution >= 0.6 is 27.5 Å². The van der Waals surface area contributed by atoms with Gasteiger partial charge in [-0.3, -0.25) is 0 Å². The summed E-state index contributed by atoms with van der Waals surface area (Å²) < 4.78 is 5.41. The molecule has 0 amide bonds. The maximum atomic E-state index is 4.43. The minimum Gasteiger partial charge on any atom is -0.356 e. The molecule has 1 aromatic heterocycles. The maximum Gasteiger partial charge on any atom is 0.202 e. The predicted molar refractivity (Wildman–Crippen MR) is 75.4 cm³/mol. The van der Waals surface area contributed by atoms with E-state index in [2.05, 4.69) is 43.6 Å². The molecule has 17 heavy (non-hydrogen) atoms. The highest BCUT2D eigenvalue weighted by Crippen LogP contribution is 2.18. The molecule has 2 aromatic rings. The Kier molecular flexibility index (Phi) is 4.50. The highest BCUT2D eigenvalue weighted by atomic mass is 79.9. The van der Waals surface area contributed by atoms with E-state index < -0.39 is 0 Å². The van der Waals surface area contributed by atoms with Gasteiger partial charge in [0, 0.05) is 29.0 Å². The van der Waals surface area contributed by atoms with Crippen molar-refractivity contribution in [1.82, 2.24) is 9.36 Å². The number of hydrogen-bond acceptors (Lipinski definition) is 4. The first-order valence-electron chi connectivity index (χ1n) is 5.59. The molecule has 1 aromatic carbocycles. The van der Waals surface area contributed by atoms with Crippen molar-refractivity contribution in [1.29, 1.82) is 0 Å². The van der Waals surface area contributed by atoms with Gasteiger partial charge in [0.1, 0.15) is 5.82 Å². The number of halogens is 1. The number of nitrogens with zero attached hydrogens (tertiary/aromatic N) is 2. The Morgan fingerprint density at radius 2 is 2.18 bits per heavy atom. The SMILES string of the molecule is CCCc1nsc(NCc2ccccc2Br)n1. The Morgan fingerprint density at radius 1 is 1.35 bits per heavy atom. The Bertz CT molecular complexity index is 484. The standard InChI is InChI=1S/C12H14BrN3S/c1-2-5-11-15-12(17-16-11)14-8-9-6-3-4-7-10(9)13/h3-4,6-7H,2,5,8H2,1H3,(H,14,15,16). The van der Waals surface area contributed by atoms with Crippen LogP contribution in [0.4, 0.5) is 5.13 Å². The van der Waals surface area contributed by atoms with Crippen LogP contribution in [0.15, 0.2) is 28.7 Å². The van der Waals surface area contributed by atoms with E-state index in [9.17, 15) is 0 Å². The smallest absolute Gasteiger partial charge is 0.202 e. The lowest BCUT2D eigenvalue weighted by atomic mass is 10.2. The zero-order valence-electron chi connectivity index (χ0n) is 9.61. The van der Waals surface area contributed by atoms with Gasteiger partial charge < -0.3 is 5.32 Å². The zero-order chi connectivity index (χ0) is 12.1. The molecule has 90 valence electrons. The van der Waals surface area contributed by atoms with E-state index in [1.54, 1.807) is 0 Å². The molecule has 3 nitrogen and oxygen atoms in total. The molecular weight excluding hydrogens is 298 g/mol. The molecule has 0 spiro atoms. The van der Waals surface area contributed by atoms with Crippen LogP contribution in [0.25, 0.3) is 0 Å². The number of hydrogen-bond donors (Lipinski definition) is 1. The van der Waals surface area contributed by atoms with Gasteiger partial charge in [-0.2, -0.15) is 4.37 Å². The lowest BCUT2D eigenvalue weighted by molar-refractivity contribution is 0.861. The minimum absolute atomic E-state index is 0.766. The Morgan fingerprint density at radius 3 is 2.94 bits per heavy atom. The highest BCUT2D eigenvalue weighted by Gasteiger charge is 2.03. The summed E-state index contributed by atoms with van der Waals surface area (Å²) in [5.41, 5.74) is 1.22. The van der Waals surface area contributed by atoms with Gasteiger partial charge in [0.15, 0.2) is 0 Å². The van der Waals surface area contributed by atoms with Gasteiger partial charge in [0.05, 0.1) is 0 Å². The number of anilines is 1. The van der Waals surface area contributed by atoms with Gasteiger partial charge in [-0.15, -0.1) is 0 Å². The van der Waals surface area contributed by atoms with Crippen LogP contribution < -0.4 is 5.32 Å². The first kappa shape index (κ1) is 12.5. The molecule has 0 aliphatic heterocycles. The molecule has 0 saturated heterocycles.